The molecule has 4 nitrogen and oxygen atoms in total. The molecule has 0 amide bonds. The van der Waals surface area contributed by atoms with Crippen LogP contribution in [0, 0.1) is 0 Å². The van der Waals surface area contributed by atoms with Crippen LogP contribution in [-0.4, -0.2) is 28.2 Å². The Morgan fingerprint density at radius 3 is 2.73 bits per heavy atom. The standard InChI is InChI=1S/C19H24N2O2S2.Os/c1-3-4-8-14-13-21(15-9-6-5-7-10-15)16-11-18(24-2)17(22)12-19(16)25(23)20-14;/h5-7,9-12,14,20,22H,3-4,8,13H2,1-2H3;. The number of fused-ring (bicyclic) bond motifs is 1. The van der Waals surface area contributed by atoms with Crippen LogP contribution in [0.3, 0.4) is 0 Å². The Morgan fingerprint density at radius 1 is 1.35 bits per heavy atom. The quantitative estimate of drug-likeness (QED) is 0.526. The summed E-state index contributed by atoms with van der Waals surface area (Å²) >= 11 is 3.00. The monoisotopic (exact) mass is 568 g/mol. The zero-order valence-corrected chi connectivity index (χ0v) is 19.1. The topological polar surface area (TPSA) is 52.6 Å². The van der Waals surface area contributed by atoms with E-state index in [1.165, 1.54) is 28.6 Å². The van der Waals surface area contributed by atoms with Gasteiger partial charge in [-0.15, -0.1) is 0 Å². The number of nitrogens with one attached hydrogen (secondary N) is 1. The first-order chi connectivity index (χ1) is 12.5. The number of para-hydroxylation sites is 1. The zero-order chi connectivity index (χ0) is 18.7. The summed E-state index contributed by atoms with van der Waals surface area (Å²) in [5, 5.41) is 10.4. The van der Waals surface area contributed by atoms with E-state index < -0.39 is 7.55 Å². The molecule has 3 rings (SSSR count). The molecule has 1 heterocycles. The van der Waals surface area contributed by atoms with Crippen molar-refractivity contribution in [1.29, 1.82) is 0 Å². The summed E-state index contributed by atoms with van der Waals surface area (Å²) in [6, 6.07) is 14.0. The van der Waals surface area contributed by atoms with Crippen LogP contribution in [0.25, 0.3) is 0 Å². The van der Waals surface area contributed by atoms with E-state index in [0.29, 0.717) is 4.90 Å². The third-order valence-electron chi connectivity index (χ3n) is 4.52. The van der Waals surface area contributed by atoms with Crippen molar-refractivity contribution in [2.45, 2.75) is 42.0 Å². The molecule has 2 unspecified atom stereocenters. The molecule has 0 saturated carbocycles. The van der Waals surface area contributed by atoms with Gasteiger partial charge < -0.3 is 0 Å². The van der Waals surface area contributed by atoms with E-state index in [1.54, 1.807) is 6.07 Å². The molecule has 0 aromatic heterocycles. The number of phenols is 1. The van der Waals surface area contributed by atoms with Crippen LogP contribution < -0.4 is 9.62 Å². The molecule has 2 atom stereocenters. The molecule has 0 fully saturated rings. The van der Waals surface area contributed by atoms with E-state index in [0.717, 1.165) is 42.1 Å². The molecular weight excluding hydrogens is 543 g/mol. The Hall–Kier alpha value is -0.864. The van der Waals surface area contributed by atoms with Crippen molar-refractivity contribution >= 4 is 30.7 Å². The Kier molecular flexibility index (Phi) is 6.45. The fourth-order valence-corrected chi connectivity index (χ4v) is 7.65. The molecule has 1 aliphatic heterocycles. The minimum absolute atomic E-state index is 0.132. The van der Waals surface area contributed by atoms with Crippen LogP contribution in [0.2, 0.25) is 0 Å². The Balaban J connectivity index is 2.17. The number of phenolic OH excluding ortho intramolecular Hbond substituents is 1. The van der Waals surface area contributed by atoms with Crippen molar-refractivity contribution in [2.24, 2.45) is 0 Å². The second-order valence-electron chi connectivity index (χ2n) is 6.37. The summed E-state index contributed by atoms with van der Waals surface area (Å²) in [6.07, 6.45) is 5.13. The normalized spacial score (nSPS) is 22.7. The van der Waals surface area contributed by atoms with Gasteiger partial charge in [-0.1, -0.05) is 0 Å². The van der Waals surface area contributed by atoms with Gasteiger partial charge >= 0.3 is 169 Å². The van der Waals surface area contributed by atoms with Crippen LogP contribution >= 0.6 is 11.8 Å². The maximum absolute atomic E-state index is 13.5. The fraction of sp³-hybridized carbons (Fsp3) is 0.368. The molecular formula is C19H24N2O2OsS2. The average Bonchev–Trinajstić information content (AvgIpc) is 2.74. The van der Waals surface area contributed by atoms with E-state index >= 15 is 0 Å². The molecule has 0 spiro atoms. The van der Waals surface area contributed by atoms with E-state index in [2.05, 4.69) is 28.7 Å². The average molecular weight is 567 g/mol. The van der Waals surface area contributed by atoms with Gasteiger partial charge in [0.15, 0.2) is 0 Å². The van der Waals surface area contributed by atoms with Crippen LogP contribution in [0.1, 0.15) is 26.2 Å². The second kappa shape index (κ2) is 8.44. The van der Waals surface area contributed by atoms with E-state index in [-0.39, 0.29) is 11.8 Å². The van der Waals surface area contributed by atoms with Gasteiger partial charge in [-0.3, -0.25) is 0 Å². The molecule has 0 saturated heterocycles. The number of hydrogen-bond donors (Lipinski definition) is 2. The molecule has 142 valence electrons. The van der Waals surface area contributed by atoms with Crippen molar-refractivity contribution in [3.05, 3.63) is 42.5 Å². The van der Waals surface area contributed by atoms with E-state index in [9.17, 15) is 9.32 Å². The van der Waals surface area contributed by atoms with Crippen LogP contribution in [0.4, 0.5) is 11.4 Å². The van der Waals surface area contributed by atoms with Crippen LogP contribution in [0.15, 0.2) is 52.3 Å². The van der Waals surface area contributed by atoms with Crippen LogP contribution in [0.5, 0.6) is 5.75 Å². The van der Waals surface area contributed by atoms with Gasteiger partial charge in [-0.25, -0.2) is 0 Å². The van der Waals surface area contributed by atoms with Gasteiger partial charge in [0.2, 0.25) is 0 Å². The fourth-order valence-electron chi connectivity index (χ4n) is 3.20. The van der Waals surface area contributed by atoms with Crippen molar-refractivity contribution in [1.82, 2.24) is 4.72 Å². The van der Waals surface area contributed by atoms with E-state index in [1.807, 2.05) is 30.5 Å². The number of hydrogen-bond acceptors (Lipinski definition) is 4. The van der Waals surface area contributed by atoms with Crippen molar-refractivity contribution < 1.29 is 26.2 Å². The first-order valence-corrected chi connectivity index (χ1v) is 14.5. The van der Waals surface area contributed by atoms with E-state index in [4.69, 9.17) is 0 Å². The molecule has 7 heteroatoms. The number of nitrogens with zero attached hydrogens (tertiary/aromatic N) is 1. The Morgan fingerprint density at radius 2 is 2.08 bits per heavy atom. The number of anilines is 2. The maximum atomic E-state index is 13.5. The van der Waals surface area contributed by atoms with Crippen LogP contribution in [-0.2, 0) is 24.4 Å². The SMILES string of the molecule is CCCCC1CN(c2ccccc2)c2cc(SC)c(O)cc2[S](=O)(=[Os])N1. The number of rotatable bonds is 5. The molecule has 0 bridgehead atoms. The number of unbranched alkanes of at least 4 members (excludes halogenated alkanes) is 1. The molecule has 1 aliphatic rings. The van der Waals surface area contributed by atoms with Crippen molar-refractivity contribution in [2.75, 3.05) is 17.7 Å². The van der Waals surface area contributed by atoms with Gasteiger partial charge in [-0.2, -0.15) is 0 Å². The first-order valence-electron chi connectivity index (χ1n) is 8.70. The third-order valence-corrected chi connectivity index (χ3v) is 9.37. The number of aromatic hydroxyl groups is 1. The molecule has 0 radical (unpaired) electrons. The summed E-state index contributed by atoms with van der Waals surface area (Å²) < 4.78 is 16.9. The van der Waals surface area contributed by atoms with Gasteiger partial charge in [0.1, 0.15) is 0 Å². The van der Waals surface area contributed by atoms with Gasteiger partial charge in [0, 0.05) is 0 Å². The first kappa shape index (κ1) is 19.9. The van der Waals surface area contributed by atoms with Crippen molar-refractivity contribution in [3.8, 4) is 5.75 Å². The predicted molar refractivity (Wildman–Crippen MR) is 106 cm³/mol. The summed E-state index contributed by atoms with van der Waals surface area (Å²) in [5.41, 5.74) is 2.00. The molecule has 26 heavy (non-hydrogen) atoms. The van der Waals surface area contributed by atoms with Gasteiger partial charge in [0.05, 0.1) is 0 Å². The molecule has 2 aromatic carbocycles. The minimum atomic E-state index is -2.43. The van der Waals surface area contributed by atoms with Crippen molar-refractivity contribution in [3.63, 3.8) is 0 Å². The number of thioether (sulfide) groups is 1. The van der Waals surface area contributed by atoms with Gasteiger partial charge in [-0.05, 0) is 0 Å². The molecule has 0 aliphatic carbocycles. The Bertz CT molecular complexity index is 873. The summed E-state index contributed by atoms with van der Waals surface area (Å²) in [4.78, 5) is 3.73. The second-order valence-corrected chi connectivity index (χ2v) is 13.2. The Labute approximate surface area is 169 Å². The summed E-state index contributed by atoms with van der Waals surface area (Å²) in [5.74, 6) is 0.192. The predicted octanol–water partition coefficient (Wildman–Crippen LogP) is 4.43. The van der Waals surface area contributed by atoms with Gasteiger partial charge in [0.25, 0.3) is 0 Å². The molecule has 2 aromatic rings. The molecule has 2 N–H and O–H groups in total. The zero-order valence-electron chi connectivity index (χ0n) is 14.9. The summed E-state index contributed by atoms with van der Waals surface area (Å²) in [6.45, 7) is 2.93. The summed E-state index contributed by atoms with van der Waals surface area (Å²) in [7, 11) is -2.43. The third kappa shape index (κ3) is 4.17. The number of benzene rings is 2.